The molecule has 0 bridgehead atoms. The maximum absolute atomic E-state index is 12.4. The number of ether oxygens (including phenoxy) is 1. The third kappa shape index (κ3) is 5.50. The van der Waals surface area contributed by atoms with E-state index in [0.717, 1.165) is 0 Å². The lowest BCUT2D eigenvalue weighted by Gasteiger charge is -2.09. The van der Waals surface area contributed by atoms with Crippen molar-refractivity contribution in [2.45, 2.75) is 11.8 Å². The monoisotopic (exact) mass is 388 g/mol. The lowest BCUT2D eigenvalue weighted by molar-refractivity contribution is 0.0526. The summed E-state index contributed by atoms with van der Waals surface area (Å²) in [5.74, 6) is -0.917. The zero-order chi connectivity index (χ0) is 19.9. The van der Waals surface area contributed by atoms with Crippen molar-refractivity contribution in [1.29, 1.82) is 0 Å². The van der Waals surface area contributed by atoms with Crippen molar-refractivity contribution >= 4 is 27.6 Å². The molecule has 0 heterocycles. The fourth-order valence-corrected chi connectivity index (χ4v) is 3.21. The highest BCUT2D eigenvalue weighted by Crippen LogP contribution is 2.15. The smallest absolute Gasteiger partial charge is 0.338 e. The van der Waals surface area contributed by atoms with Crippen LogP contribution in [0.5, 0.6) is 0 Å². The number of hydrogen-bond donors (Lipinski definition) is 2. The summed E-state index contributed by atoms with van der Waals surface area (Å²) in [5.41, 5.74) is 1.02. The number of benzene rings is 2. The van der Waals surface area contributed by atoms with E-state index >= 15 is 0 Å². The molecule has 0 saturated carbocycles. The number of nitrogens with one attached hydrogen (secondary N) is 2. The first-order valence-corrected chi connectivity index (χ1v) is 9.65. The van der Waals surface area contributed by atoms with Crippen molar-refractivity contribution in [2.75, 3.05) is 18.5 Å². The van der Waals surface area contributed by atoms with Gasteiger partial charge in [0, 0.05) is 17.8 Å². The van der Waals surface area contributed by atoms with Gasteiger partial charge in [0.15, 0.2) is 0 Å². The van der Waals surface area contributed by atoms with Crippen LogP contribution in [-0.4, -0.2) is 33.4 Å². The molecule has 0 atom stereocenters. The van der Waals surface area contributed by atoms with E-state index in [1.807, 2.05) is 0 Å². The predicted octanol–water partition coefficient (Wildman–Crippen LogP) is 2.58. The number of hydrogen-bond acceptors (Lipinski definition) is 5. The van der Waals surface area contributed by atoms with E-state index in [1.165, 1.54) is 42.5 Å². The fourth-order valence-electron chi connectivity index (χ4n) is 2.16. The van der Waals surface area contributed by atoms with Crippen molar-refractivity contribution < 1.29 is 22.7 Å². The number of esters is 1. The van der Waals surface area contributed by atoms with Gasteiger partial charge in [0.2, 0.25) is 10.0 Å². The summed E-state index contributed by atoms with van der Waals surface area (Å²) < 4.78 is 31.5. The molecule has 0 spiro atoms. The molecule has 2 rings (SSSR count). The number of rotatable bonds is 8. The quantitative estimate of drug-likeness (QED) is 0.535. The van der Waals surface area contributed by atoms with Gasteiger partial charge in [-0.05, 0) is 49.4 Å². The molecule has 1 amide bonds. The summed E-state index contributed by atoms with van der Waals surface area (Å²) in [6.07, 6.45) is 1.42. The summed E-state index contributed by atoms with van der Waals surface area (Å²) in [5, 5.41) is 2.66. The molecule has 27 heavy (non-hydrogen) atoms. The van der Waals surface area contributed by atoms with Crippen LogP contribution in [0.3, 0.4) is 0 Å². The van der Waals surface area contributed by atoms with Crippen LogP contribution in [0.25, 0.3) is 0 Å². The number of carbonyl (C=O) groups excluding carboxylic acids is 2. The Bertz CT molecular complexity index is 937. The van der Waals surface area contributed by atoms with E-state index in [9.17, 15) is 18.0 Å². The minimum Gasteiger partial charge on any atom is -0.462 e. The third-order valence-corrected chi connectivity index (χ3v) is 4.90. The second-order valence-corrected chi connectivity index (χ2v) is 7.19. The van der Waals surface area contributed by atoms with E-state index in [2.05, 4.69) is 16.6 Å². The molecule has 2 aromatic rings. The lowest BCUT2D eigenvalue weighted by atomic mass is 10.2. The first-order chi connectivity index (χ1) is 12.9. The van der Waals surface area contributed by atoms with Crippen molar-refractivity contribution in [3.05, 3.63) is 72.3 Å². The van der Waals surface area contributed by atoms with Crippen LogP contribution in [-0.2, 0) is 14.8 Å². The summed E-state index contributed by atoms with van der Waals surface area (Å²) in [6, 6.07) is 11.9. The molecule has 0 radical (unpaired) electrons. The largest absolute Gasteiger partial charge is 0.462 e. The van der Waals surface area contributed by atoms with Crippen LogP contribution in [0.2, 0.25) is 0 Å². The highest BCUT2D eigenvalue weighted by Gasteiger charge is 2.15. The average Bonchev–Trinajstić information content (AvgIpc) is 2.67. The van der Waals surface area contributed by atoms with Crippen LogP contribution >= 0.6 is 0 Å². The minimum atomic E-state index is -3.72. The van der Waals surface area contributed by atoms with Crippen molar-refractivity contribution in [3.8, 4) is 0 Å². The SMILES string of the molecule is C=CCNS(=O)(=O)c1cccc(C(=O)Nc2ccc(C(=O)OCC)cc2)c1. The molecule has 0 aliphatic carbocycles. The molecule has 2 N–H and O–H groups in total. The number of amides is 1. The van der Waals surface area contributed by atoms with Gasteiger partial charge in [0.05, 0.1) is 17.1 Å². The molecule has 0 saturated heterocycles. The van der Waals surface area contributed by atoms with Crippen LogP contribution in [0.15, 0.2) is 66.1 Å². The zero-order valence-electron chi connectivity index (χ0n) is 14.8. The summed E-state index contributed by atoms with van der Waals surface area (Å²) in [6.45, 7) is 5.54. The van der Waals surface area contributed by atoms with Crippen molar-refractivity contribution in [2.24, 2.45) is 0 Å². The van der Waals surface area contributed by atoms with Crippen LogP contribution in [0.1, 0.15) is 27.6 Å². The second-order valence-electron chi connectivity index (χ2n) is 5.42. The van der Waals surface area contributed by atoms with E-state index < -0.39 is 21.9 Å². The van der Waals surface area contributed by atoms with Crippen LogP contribution in [0, 0.1) is 0 Å². The number of sulfonamides is 1. The maximum Gasteiger partial charge on any atom is 0.338 e. The lowest BCUT2D eigenvalue weighted by Crippen LogP contribution is -2.24. The summed E-state index contributed by atoms with van der Waals surface area (Å²) in [4.78, 5) is 24.0. The molecule has 0 aliphatic rings. The molecule has 8 heteroatoms. The molecule has 0 aromatic heterocycles. The Morgan fingerprint density at radius 2 is 1.81 bits per heavy atom. The number of anilines is 1. The van der Waals surface area contributed by atoms with Gasteiger partial charge >= 0.3 is 5.97 Å². The van der Waals surface area contributed by atoms with Gasteiger partial charge in [-0.2, -0.15) is 0 Å². The summed E-state index contributed by atoms with van der Waals surface area (Å²) in [7, 11) is -3.72. The molecule has 142 valence electrons. The van der Waals surface area contributed by atoms with Crippen molar-refractivity contribution in [1.82, 2.24) is 4.72 Å². The fraction of sp³-hybridized carbons (Fsp3) is 0.158. The number of carbonyl (C=O) groups is 2. The second kappa shape index (κ2) is 9.11. The maximum atomic E-state index is 12.4. The van der Waals surface area contributed by atoms with Crippen molar-refractivity contribution in [3.63, 3.8) is 0 Å². The Labute approximate surface area is 158 Å². The first kappa shape index (κ1) is 20.3. The highest BCUT2D eigenvalue weighted by molar-refractivity contribution is 7.89. The van der Waals surface area contributed by atoms with Gasteiger partial charge < -0.3 is 10.1 Å². The summed E-state index contributed by atoms with van der Waals surface area (Å²) >= 11 is 0. The van der Waals surface area contributed by atoms with E-state index in [0.29, 0.717) is 11.3 Å². The standard InChI is InChI=1S/C19H20N2O5S/c1-3-12-20-27(24,25)17-7-5-6-15(13-17)18(22)21-16-10-8-14(9-11-16)19(23)26-4-2/h3,5-11,13,20H,1,4,12H2,2H3,(H,21,22). The van der Waals surface area contributed by atoms with Crippen LogP contribution < -0.4 is 10.0 Å². The van der Waals surface area contributed by atoms with Gasteiger partial charge in [-0.3, -0.25) is 4.79 Å². The normalized spacial score (nSPS) is 10.9. The molecular weight excluding hydrogens is 368 g/mol. The highest BCUT2D eigenvalue weighted by atomic mass is 32.2. The van der Waals surface area contributed by atoms with E-state index in [1.54, 1.807) is 19.1 Å². The predicted molar refractivity (Wildman–Crippen MR) is 102 cm³/mol. The third-order valence-electron chi connectivity index (χ3n) is 3.48. The minimum absolute atomic E-state index is 0.0188. The Kier molecular flexibility index (Phi) is 6.86. The topological polar surface area (TPSA) is 102 Å². The first-order valence-electron chi connectivity index (χ1n) is 8.16. The van der Waals surface area contributed by atoms with Gasteiger partial charge in [0.1, 0.15) is 0 Å². The van der Waals surface area contributed by atoms with E-state index in [-0.39, 0.29) is 23.6 Å². The average molecular weight is 388 g/mol. The molecule has 0 unspecified atom stereocenters. The van der Waals surface area contributed by atoms with Gasteiger partial charge in [0.25, 0.3) is 5.91 Å². The van der Waals surface area contributed by atoms with Crippen LogP contribution in [0.4, 0.5) is 5.69 Å². The van der Waals surface area contributed by atoms with Gasteiger partial charge in [-0.1, -0.05) is 12.1 Å². The molecule has 2 aromatic carbocycles. The molecule has 0 fully saturated rings. The van der Waals surface area contributed by atoms with Gasteiger partial charge in [-0.25, -0.2) is 17.9 Å². The molecular formula is C19H20N2O5S. The Hall–Kier alpha value is -2.97. The van der Waals surface area contributed by atoms with E-state index in [4.69, 9.17) is 4.74 Å². The Balaban J connectivity index is 2.13. The molecule has 7 nitrogen and oxygen atoms in total. The zero-order valence-corrected chi connectivity index (χ0v) is 15.6. The molecule has 0 aliphatic heterocycles. The Morgan fingerprint density at radius 1 is 1.11 bits per heavy atom. The van der Waals surface area contributed by atoms with Gasteiger partial charge in [-0.15, -0.1) is 6.58 Å². The Morgan fingerprint density at radius 3 is 2.44 bits per heavy atom.